The largest absolute Gasteiger partial charge is 0.496 e. The summed E-state index contributed by atoms with van der Waals surface area (Å²) >= 11 is 1.23. The Morgan fingerprint density at radius 3 is 2.35 bits per heavy atom. The van der Waals surface area contributed by atoms with Crippen LogP contribution in [0, 0.1) is 5.92 Å². The van der Waals surface area contributed by atoms with Crippen molar-refractivity contribution in [3.63, 3.8) is 0 Å². The summed E-state index contributed by atoms with van der Waals surface area (Å²) in [7, 11) is 1.41. The van der Waals surface area contributed by atoms with E-state index in [0.717, 1.165) is 12.1 Å². The number of nitrogens with two attached hydrogens (primary N) is 1. The van der Waals surface area contributed by atoms with Gasteiger partial charge in [-0.3, -0.25) is 4.90 Å². The second-order valence-electron chi connectivity index (χ2n) is 9.19. The molecule has 1 fully saturated rings. The fourth-order valence-corrected chi connectivity index (χ4v) is 5.34. The van der Waals surface area contributed by atoms with Gasteiger partial charge in [-0.25, -0.2) is 4.98 Å². The molecule has 1 aliphatic heterocycles. The van der Waals surface area contributed by atoms with Gasteiger partial charge in [-0.2, -0.15) is 26.3 Å². The van der Waals surface area contributed by atoms with Crippen molar-refractivity contribution in [3.8, 4) is 22.1 Å². The lowest BCUT2D eigenvalue weighted by Crippen LogP contribution is -2.38. The van der Waals surface area contributed by atoms with Crippen molar-refractivity contribution in [3.05, 3.63) is 64.2 Å². The molecule has 0 radical (unpaired) electrons. The summed E-state index contributed by atoms with van der Waals surface area (Å²) in [5.74, 6) is -0.792. The molecular weight excluding hydrogens is 562 g/mol. The van der Waals surface area contributed by atoms with E-state index in [-0.39, 0.29) is 44.9 Å². The van der Waals surface area contributed by atoms with E-state index < -0.39 is 23.8 Å². The molecule has 7 nitrogen and oxygen atoms in total. The summed E-state index contributed by atoms with van der Waals surface area (Å²) in [5.41, 5.74) is 6.28. The Labute approximate surface area is 229 Å². The van der Waals surface area contributed by atoms with Crippen LogP contribution in [0.25, 0.3) is 10.6 Å². The van der Waals surface area contributed by atoms with Crippen LogP contribution in [-0.2, 0) is 19.3 Å². The highest BCUT2D eigenvalue weighted by Gasteiger charge is 2.41. The van der Waals surface area contributed by atoms with Gasteiger partial charge in [0.25, 0.3) is 0 Å². The van der Waals surface area contributed by atoms with E-state index in [1.807, 2.05) is 4.90 Å². The molecule has 0 amide bonds. The highest BCUT2D eigenvalue weighted by atomic mass is 32.1. The molecule has 4 rings (SSSR count). The molecular formula is C26H26F6N4O3S. The molecule has 3 N–H and O–H groups in total. The van der Waals surface area contributed by atoms with Gasteiger partial charge in [-0.1, -0.05) is 17.3 Å². The molecule has 3 aromatic rings. The van der Waals surface area contributed by atoms with Crippen LogP contribution >= 0.6 is 11.3 Å². The predicted octanol–water partition coefficient (Wildman–Crippen LogP) is 6.29. The number of methoxy groups -OCH3 is 1. The first-order chi connectivity index (χ1) is 18.9. The minimum atomic E-state index is -4.47. The minimum absolute atomic E-state index is 0.0162. The van der Waals surface area contributed by atoms with Crippen molar-refractivity contribution < 1.29 is 41.0 Å². The fraction of sp³-hybridized carbons (Fsp3) is 0.385. The predicted molar refractivity (Wildman–Crippen MR) is 136 cm³/mol. The Hall–Kier alpha value is -3.52. The molecule has 0 atom stereocenters. The Bertz CT molecular complexity index is 1330. The normalized spacial score (nSPS) is 15.8. The van der Waals surface area contributed by atoms with Gasteiger partial charge < -0.3 is 20.4 Å². The fourth-order valence-electron chi connectivity index (χ4n) is 4.35. The van der Waals surface area contributed by atoms with E-state index in [9.17, 15) is 26.3 Å². The topological polar surface area (TPSA) is 93.2 Å². The van der Waals surface area contributed by atoms with Gasteiger partial charge in [0.15, 0.2) is 5.84 Å². The Morgan fingerprint density at radius 2 is 1.77 bits per heavy atom. The number of nitrogens with zero attached hydrogens (tertiary/aromatic N) is 3. The standard InChI is InChI=1S/C26H26F6N4O3S/c1-38-21-12-18(6-7-19(21)23(33)35-37)39-14-22-20(13-36-10-8-17(9-11-36)26(30,31)32)34-24(40-22)15-2-4-16(5-3-15)25(27,28)29/h2-7,12,17,37H,8-11,13-14H2,1H3,(H2,33,35). The van der Waals surface area contributed by atoms with Crippen molar-refractivity contribution in [2.45, 2.75) is 38.3 Å². The quantitative estimate of drug-likeness (QED) is 0.106. The van der Waals surface area contributed by atoms with E-state index in [1.54, 1.807) is 18.2 Å². The number of thiazole rings is 1. The van der Waals surface area contributed by atoms with E-state index in [2.05, 4.69) is 10.1 Å². The molecule has 2 aromatic carbocycles. The lowest BCUT2D eigenvalue weighted by molar-refractivity contribution is -0.185. The van der Waals surface area contributed by atoms with E-state index in [1.165, 1.54) is 30.6 Å². The highest BCUT2D eigenvalue weighted by molar-refractivity contribution is 7.15. The van der Waals surface area contributed by atoms with E-state index >= 15 is 0 Å². The van der Waals surface area contributed by atoms with Gasteiger partial charge in [0.1, 0.15) is 23.1 Å². The molecule has 1 aromatic heterocycles. The van der Waals surface area contributed by atoms with Crippen LogP contribution in [0.4, 0.5) is 26.3 Å². The van der Waals surface area contributed by atoms with E-state index in [4.69, 9.17) is 20.4 Å². The number of hydrogen-bond acceptors (Lipinski definition) is 7. The second-order valence-corrected chi connectivity index (χ2v) is 10.3. The van der Waals surface area contributed by atoms with Crippen LogP contribution < -0.4 is 15.2 Å². The molecule has 0 bridgehead atoms. The minimum Gasteiger partial charge on any atom is -0.496 e. The number of oxime groups is 1. The van der Waals surface area contributed by atoms with Crippen LogP contribution in [0.1, 0.15) is 34.5 Å². The monoisotopic (exact) mass is 588 g/mol. The molecule has 0 spiro atoms. The van der Waals surface area contributed by atoms with Crippen LogP contribution in [0.2, 0.25) is 0 Å². The molecule has 14 heteroatoms. The number of amidine groups is 1. The number of halogens is 6. The number of aromatic nitrogens is 1. The van der Waals surface area contributed by atoms with Crippen molar-refractivity contribution in [2.24, 2.45) is 16.8 Å². The molecule has 0 aliphatic carbocycles. The van der Waals surface area contributed by atoms with Gasteiger partial charge in [0.05, 0.1) is 34.7 Å². The average Bonchev–Trinajstić information content (AvgIpc) is 3.33. The zero-order valence-corrected chi connectivity index (χ0v) is 22.0. The number of likely N-dealkylation sites (tertiary alicyclic amines) is 1. The zero-order chi connectivity index (χ0) is 29.1. The van der Waals surface area contributed by atoms with Crippen molar-refractivity contribution in [2.75, 3.05) is 20.2 Å². The Kier molecular flexibility index (Phi) is 8.78. The highest BCUT2D eigenvalue weighted by Crippen LogP contribution is 2.37. The first-order valence-corrected chi connectivity index (χ1v) is 12.9. The van der Waals surface area contributed by atoms with Gasteiger partial charge in [-0.15, -0.1) is 11.3 Å². The Balaban J connectivity index is 1.57. The first-order valence-electron chi connectivity index (χ1n) is 12.1. The second kappa shape index (κ2) is 11.9. The van der Waals surface area contributed by atoms with E-state index in [0.29, 0.717) is 38.2 Å². The smallest absolute Gasteiger partial charge is 0.416 e. The number of piperidine rings is 1. The summed E-state index contributed by atoms with van der Waals surface area (Å²) < 4.78 is 89.6. The van der Waals surface area contributed by atoms with Crippen molar-refractivity contribution in [1.29, 1.82) is 0 Å². The van der Waals surface area contributed by atoms with Crippen LogP contribution in [0.15, 0.2) is 47.6 Å². The number of ether oxygens (including phenoxy) is 2. The molecule has 1 aliphatic rings. The number of alkyl halides is 6. The van der Waals surface area contributed by atoms with Crippen molar-refractivity contribution in [1.82, 2.24) is 9.88 Å². The summed E-state index contributed by atoms with van der Waals surface area (Å²) in [5, 5.41) is 12.4. The molecule has 0 saturated carbocycles. The maximum absolute atomic E-state index is 13.1. The van der Waals surface area contributed by atoms with Gasteiger partial charge in [-0.05, 0) is 50.2 Å². The van der Waals surface area contributed by atoms with Gasteiger partial charge in [0.2, 0.25) is 0 Å². The maximum Gasteiger partial charge on any atom is 0.416 e. The van der Waals surface area contributed by atoms with Crippen LogP contribution in [0.5, 0.6) is 11.5 Å². The molecule has 40 heavy (non-hydrogen) atoms. The summed E-state index contributed by atoms with van der Waals surface area (Å²) in [6.07, 6.45) is -8.74. The van der Waals surface area contributed by atoms with Crippen molar-refractivity contribution >= 4 is 17.2 Å². The molecule has 0 unspecified atom stereocenters. The molecule has 2 heterocycles. The maximum atomic E-state index is 13.1. The number of rotatable bonds is 8. The van der Waals surface area contributed by atoms with Gasteiger partial charge >= 0.3 is 12.4 Å². The third kappa shape index (κ3) is 6.97. The summed E-state index contributed by atoms with van der Waals surface area (Å²) in [6.45, 7) is 0.791. The molecule has 216 valence electrons. The average molecular weight is 589 g/mol. The lowest BCUT2D eigenvalue weighted by atomic mass is 9.96. The summed E-state index contributed by atoms with van der Waals surface area (Å²) in [6, 6.07) is 9.31. The lowest BCUT2D eigenvalue weighted by Gasteiger charge is -2.32. The number of hydrogen-bond donors (Lipinski definition) is 2. The first kappa shape index (κ1) is 29.5. The number of benzene rings is 2. The SMILES string of the molecule is COc1cc(OCc2sc(-c3ccc(C(F)(F)F)cc3)nc2CN2CCC(C(F)(F)F)CC2)ccc1/C(N)=N/O. The molecule has 1 saturated heterocycles. The zero-order valence-electron chi connectivity index (χ0n) is 21.2. The van der Waals surface area contributed by atoms with Crippen LogP contribution in [-0.4, -0.2) is 47.3 Å². The Morgan fingerprint density at radius 1 is 1.10 bits per heavy atom. The summed E-state index contributed by atoms with van der Waals surface area (Å²) in [4.78, 5) is 7.19. The third-order valence-electron chi connectivity index (χ3n) is 6.59. The van der Waals surface area contributed by atoms with Gasteiger partial charge in [0, 0.05) is 18.2 Å². The third-order valence-corrected chi connectivity index (χ3v) is 7.71. The van der Waals surface area contributed by atoms with Crippen LogP contribution in [0.3, 0.4) is 0 Å².